The molecule has 2 atom stereocenters. The number of amides is 1. The molecular weight excluding hydrogens is 317 g/mol. The standard InChI is InChI=1S/C17H26FN3O.ClH/c1-12(13-4-6-14(18)7-5-13)20-16(22)10-21-9-8-15(19)17(2,3)11-21;/h4-7,12,15H,8-11,19H2,1-3H3,(H,20,22);1H. The normalized spacial score (nSPS) is 22.0. The fourth-order valence-corrected chi connectivity index (χ4v) is 2.94. The minimum absolute atomic E-state index is 0. The van der Waals surface area contributed by atoms with Crippen molar-refractivity contribution in [2.24, 2.45) is 11.1 Å². The molecule has 23 heavy (non-hydrogen) atoms. The zero-order valence-electron chi connectivity index (χ0n) is 14.0. The van der Waals surface area contributed by atoms with E-state index in [1.54, 1.807) is 12.1 Å². The Hall–Kier alpha value is -1.17. The highest BCUT2D eigenvalue weighted by molar-refractivity contribution is 5.85. The molecule has 0 aromatic heterocycles. The zero-order valence-corrected chi connectivity index (χ0v) is 14.8. The van der Waals surface area contributed by atoms with Gasteiger partial charge in [0.2, 0.25) is 5.91 Å². The monoisotopic (exact) mass is 343 g/mol. The van der Waals surface area contributed by atoms with Gasteiger partial charge < -0.3 is 11.1 Å². The van der Waals surface area contributed by atoms with E-state index in [2.05, 4.69) is 24.1 Å². The minimum atomic E-state index is -0.269. The summed E-state index contributed by atoms with van der Waals surface area (Å²) in [5.74, 6) is -0.280. The van der Waals surface area contributed by atoms with E-state index < -0.39 is 0 Å². The van der Waals surface area contributed by atoms with Gasteiger partial charge in [-0.05, 0) is 36.5 Å². The van der Waals surface area contributed by atoms with Crippen LogP contribution in [0.2, 0.25) is 0 Å². The van der Waals surface area contributed by atoms with Gasteiger partial charge in [-0.2, -0.15) is 0 Å². The lowest BCUT2D eigenvalue weighted by Gasteiger charge is -2.42. The second-order valence-electron chi connectivity index (χ2n) is 6.94. The van der Waals surface area contributed by atoms with Gasteiger partial charge in [0.05, 0.1) is 12.6 Å². The van der Waals surface area contributed by atoms with Crippen LogP contribution in [0.25, 0.3) is 0 Å². The Labute approximate surface area is 144 Å². The van der Waals surface area contributed by atoms with Crippen LogP contribution in [0.15, 0.2) is 24.3 Å². The first-order chi connectivity index (χ1) is 10.3. The summed E-state index contributed by atoms with van der Waals surface area (Å²) in [5.41, 5.74) is 7.04. The lowest BCUT2D eigenvalue weighted by atomic mass is 9.80. The van der Waals surface area contributed by atoms with Crippen molar-refractivity contribution in [3.8, 4) is 0 Å². The smallest absolute Gasteiger partial charge is 0.234 e. The number of benzene rings is 1. The summed E-state index contributed by atoms with van der Waals surface area (Å²) in [6, 6.07) is 6.27. The highest BCUT2D eigenvalue weighted by Crippen LogP contribution is 2.27. The number of piperidine rings is 1. The molecule has 1 fully saturated rings. The summed E-state index contributed by atoms with van der Waals surface area (Å²) >= 11 is 0. The first kappa shape index (κ1) is 19.9. The summed E-state index contributed by atoms with van der Waals surface area (Å²) < 4.78 is 12.9. The Balaban J connectivity index is 0.00000264. The van der Waals surface area contributed by atoms with Crippen LogP contribution in [-0.4, -0.2) is 36.5 Å². The number of hydrogen-bond acceptors (Lipinski definition) is 3. The van der Waals surface area contributed by atoms with Crippen LogP contribution in [-0.2, 0) is 4.79 Å². The number of nitrogens with one attached hydrogen (secondary N) is 1. The molecule has 1 aromatic carbocycles. The van der Waals surface area contributed by atoms with Crippen molar-refractivity contribution in [2.45, 2.75) is 39.3 Å². The molecule has 1 heterocycles. The maximum absolute atomic E-state index is 12.9. The van der Waals surface area contributed by atoms with E-state index in [9.17, 15) is 9.18 Å². The lowest BCUT2D eigenvalue weighted by molar-refractivity contribution is -0.123. The van der Waals surface area contributed by atoms with Gasteiger partial charge in [-0.3, -0.25) is 9.69 Å². The number of rotatable bonds is 4. The second kappa shape index (κ2) is 8.08. The molecule has 1 saturated heterocycles. The topological polar surface area (TPSA) is 58.4 Å². The van der Waals surface area contributed by atoms with Crippen molar-refractivity contribution >= 4 is 18.3 Å². The Bertz CT molecular complexity index is 521. The third kappa shape index (κ3) is 5.44. The molecule has 4 nitrogen and oxygen atoms in total. The molecule has 2 unspecified atom stereocenters. The van der Waals surface area contributed by atoms with Gasteiger partial charge in [0.25, 0.3) is 0 Å². The van der Waals surface area contributed by atoms with Crippen LogP contribution < -0.4 is 11.1 Å². The average molecular weight is 344 g/mol. The molecule has 0 radical (unpaired) electrons. The highest BCUT2D eigenvalue weighted by Gasteiger charge is 2.33. The van der Waals surface area contributed by atoms with Crippen LogP contribution in [0.1, 0.15) is 38.8 Å². The summed E-state index contributed by atoms with van der Waals surface area (Å²) in [5, 5.41) is 2.97. The SMILES string of the molecule is CC(NC(=O)CN1CCC(N)C(C)(C)C1)c1ccc(F)cc1.Cl. The van der Waals surface area contributed by atoms with E-state index in [1.165, 1.54) is 12.1 Å². The summed E-state index contributed by atoms with van der Waals surface area (Å²) in [4.78, 5) is 14.3. The first-order valence-electron chi connectivity index (χ1n) is 7.81. The van der Waals surface area contributed by atoms with Gasteiger partial charge in [-0.25, -0.2) is 4.39 Å². The Morgan fingerprint density at radius 1 is 1.43 bits per heavy atom. The van der Waals surface area contributed by atoms with Gasteiger partial charge >= 0.3 is 0 Å². The van der Waals surface area contributed by atoms with Gasteiger partial charge in [0, 0.05) is 19.1 Å². The van der Waals surface area contributed by atoms with E-state index >= 15 is 0 Å². The van der Waals surface area contributed by atoms with Crippen molar-refractivity contribution in [1.29, 1.82) is 0 Å². The minimum Gasteiger partial charge on any atom is -0.348 e. The Morgan fingerprint density at radius 3 is 2.61 bits per heavy atom. The fraction of sp³-hybridized carbons (Fsp3) is 0.588. The number of carbonyl (C=O) groups excluding carboxylic acids is 1. The molecule has 1 amide bonds. The van der Waals surface area contributed by atoms with E-state index in [0.29, 0.717) is 6.54 Å². The quantitative estimate of drug-likeness (QED) is 0.883. The molecule has 1 aromatic rings. The second-order valence-corrected chi connectivity index (χ2v) is 6.94. The van der Waals surface area contributed by atoms with E-state index in [1.807, 2.05) is 6.92 Å². The molecule has 1 aliphatic rings. The summed E-state index contributed by atoms with van der Waals surface area (Å²) in [6.07, 6.45) is 0.911. The summed E-state index contributed by atoms with van der Waals surface area (Å²) in [7, 11) is 0. The highest BCUT2D eigenvalue weighted by atomic mass is 35.5. The van der Waals surface area contributed by atoms with Crippen LogP contribution in [0.3, 0.4) is 0 Å². The van der Waals surface area contributed by atoms with Crippen molar-refractivity contribution in [3.63, 3.8) is 0 Å². The number of likely N-dealkylation sites (tertiary alicyclic amines) is 1. The van der Waals surface area contributed by atoms with Crippen LogP contribution in [0, 0.1) is 11.2 Å². The van der Waals surface area contributed by atoms with Crippen LogP contribution in [0.4, 0.5) is 4.39 Å². The fourth-order valence-electron chi connectivity index (χ4n) is 2.94. The molecule has 6 heteroatoms. The maximum Gasteiger partial charge on any atom is 0.234 e. The molecule has 0 saturated carbocycles. The molecular formula is C17H27ClFN3O. The van der Waals surface area contributed by atoms with Gasteiger partial charge in [0.1, 0.15) is 5.82 Å². The predicted molar refractivity (Wildman–Crippen MR) is 93.0 cm³/mol. The molecule has 0 spiro atoms. The van der Waals surface area contributed by atoms with E-state index in [0.717, 1.165) is 25.1 Å². The third-order valence-electron chi connectivity index (χ3n) is 4.51. The van der Waals surface area contributed by atoms with Gasteiger partial charge in [-0.1, -0.05) is 26.0 Å². The van der Waals surface area contributed by atoms with Crippen molar-refractivity contribution in [2.75, 3.05) is 19.6 Å². The molecule has 0 bridgehead atoms. The third-order valence-corrected chi connectivity index (χ3v) is 4.51. The molecule has 3 N–H and O–H groups in total. The Morgan fingerprint density at radius 2 is 2.04 bits per heavy atom. The maximum atomic E-state index is 12.9. The van der Waals surface area contributed by atoms with Crippen molar-refractivity contribution in [1.82, 2.24) is 10.2 Å². The van der Waals surface area contributed by atoms with Gasteiger partial charge in [-0.15, -0.1) is 12.4 Å². The molecule has 0 aliphatic carbocycles. The average Bonchev–Trinajstić information content (AvgIpc) is 2.43. The number of hydrogen-bond donors (Lipinski definition) is 2. The number of nitrogens with two attached hydrogens (primary N) is 1. The number of carbonyl (C=O) groups is 1. The molecule has 1 aliphatic heterocycles. The van der Waals surface area contributed by atoms with E-state index in [4.69, 9.17) is 5.73 Å². The summed E-state index contributed by atoms with van der Waals surface area (Å²) in [6.45, 7) is 8.24. The van der Waals surface area contributed by atoms with E-state index in [-0.39, 0.29) is 41.6 Å². The Kier molecular flexibility index (Phi) is 6.99. The molecule has 2 rings (SSSR count). The van der Waals surface area contributed by atoms with Gasteiger partial charge in [0.15, 0.2) is 0 Å². The molecule has 130 valence electrons. The zero-order chi connectivity index (χ0) is 16.3. The largest absolute Gasteiger partial charge is 0.348 e. The number of nitrogens with zero attached hydrogens (tertiary/aromatic N) is 1. The lowest BCUT2D eigenvalue weighted by Crippen LogP contribution is -2.54. The van der Waals surface area contributed by atoms with Crippen molar-refractivity contribution < 1.29 is 9.18 Å². The number of halogens is 2. The van der Waals surface area contributed by atoms with Crippen LogP contribution >= 0.6 is 12.4 Å². The first-order valence-corrected chi connectivity index (χ1v) is 7.81. The predicted octanol–water partition coefficient (Wildman–Crippen LogP) is 2.48. The van der Waals surface area contributed by atoms with Crippen molar-refractivity contribution in [3.05, 3.63) is 35.6 Å². The van der Waals surface area contributed by atoms with Crippen LogP contribution in [0.5, 0.6) is 0 Å².